The molecule has 0 aromatic heterocycles. The summed E-state index contributed by atoms with van der Waals surface area (Å²) in [7, 11) is 0. The summed E-state index contributed by atoms with van der Waals surface area (Å²) < 4.78 is 1.16. The number of benzene rings is 1. The third kappa shape index (κ3) is 6.23. The molecule has 96 valence electrons. The number of rotatable bonds is 7. The molecule has 1 atom stereocenters. The van der Waals surface area contributed by atoms with Gasteiger partial charge >= 0.3 is 0 Å². The van der Waals surface area contributed by atoms with Crippen LogP contribution in [0, 0.1) is 11.8 Å². The second kappa shape index (κ2) is 7.88. The van der Waals surface area contributed by atoms with Gasteiger partial charge in [0.2, 0.25) is 0 Å². The molecular weight excluding hydrogens is 274 g/mol. The fraction of sp³-hybridized carbons (Fsp3) is 0.600. The third-order valence-corrected chi connectivity index (χ3v) is 3.53. The van der Waals surface area contributed by atoms with E-state index in [-0.39, 0.29) is 0 Å². The zero-order valence-corrected chi connectivity index (χ0v) is 12.8. The van der Waals surface area contributed by atoms with Gasteiger partial charge in [-0.2, -0.15) is 0 Å². The van der Waals surface area contributed by atoms with E-state index in [1.165, 1.54) is 18.4 Å². The van der Waals surface area contributed by atoms with Crippen LogP contribution in [-0.2, 0) is 6.42 Å². The molecule has 0 fully saturated rings. The maximum absolute atomic E-state index is 3.56. The Morgan fingerprint density at radius 1 is 1.12 bits per heavy atom. The smallest absolute Gasteiger partial charge is 0.0175 e. The van der Waals surface area contributed by atoms with E-state index in [0.29, 0.717) is 0 Å². The lowest BCUT2D eigenvalue weighted by molar-refractivity contribution is 0.437. The van der Waals surface area contributed by atoms with Crippen molar-refractivity contribution in [3.8, 4) is 0 Å². The van der Waals surface area contributed by atoms with Crippen molar-refractivity contribution in [2.24, 2.45) is 11.8 Å². The summed E-state index contributed by atoms with van der Waals surface area (Å²) >= 11 is 3.47. The molecule has 0 saturated carbocycles. The van der Waals surface area contributed by atoms with E-state index >= 15 is 0 Å². The standard InChI is InChI=1S/C15H24BrN/c1-4-13(11-17-10-12(2)3)9-14-5-7-15(16)8-6-14/h5-8,12-13,17H,4,9-11H2,1-3H3. The highest BCUT2D eigenvalue weighted by Crippen LogP contribution is 2.15. The van der Waals surface area contributed by atoms with Gasteiger partial charge in [0.1, 0.15) is 0 Å². The Morgan fingerprint density at radius 2 is 1.76 bits per heavy atom. The first-order valence-electron chi connectivity index (χ1n) is 6.57. The molecule has 0 aliphatic heterocycles. The molecule has 1 aromatic carbocycles. The minimum absolute atomic E-state index is 0.736. The van der Waals surface area contributed by atoms with Crippen molar-refractivity contribution in [2.75, 3.05) is 13.1 Å². The van der Waals surface area contributed by atoms with Gasteiger partial charge in [-0.3, -0.25) is 0 Å². The normalized spacial score (nSPS) is 13.0. The quantitative estimate of drug-likeness (QED) is 0.793. The molecule has 0 radical (unpaired) electrons. The molecule has 1 aromatic rings. The summed E-state index contributed by atoms with van der Waals surface area (Å²) in [6.07, 6.45) is 2.41. The van der Waals surface area contributed by atoms with Crippen molar-refractivity contribution in [1.29, 1.82) is 0 Å². The van der Waals surface area contributed by atoms with Gasteiger partial charge in [-0.15, -0.1) is 0 Å². The lowest BCUT2D eigenvalue weighted by Gasteiger charge is -2.17. The number of hydrogen-bond acceptors (Lipinski definition) is 1. The molecule has 0 spiro atoms. The molecule has 0 heterocycles. The topological polar surface area (TPSA) is 12.0 Å². The maximum atomic E-state index is 3.56. The molecule has 2 heteroatoms. The Kier molecular flexibility index (Phi) is 6.83. The molecule has 0 aliphatic carbocycles. The van der Waals surface area contributed by atoms with Crippen molar-refractivity contribution in [3.63, 3.8) is 0 Å². The highest BCUT2D eigenvalue weighted by molar-refractivity contribution is 9.10. The second-order valence-electron chi connectivity index (χ2n) is 5.16. The van der Waals surface area contributed by atoms with E-state index in [0.717, 1.165) is 29.4 Å². The van der Waals surface area contributed by atoms with Crippen molar-refractivity contribution < 1.29 is 0 Å². The number of hydrogen-bond donors (Lipinski definition) is 1. The van der Waals surface area contributed by atoms with E-state index in [4.69, 9.17) is 0 Å². The lowest BCUT2D eigenvalue weighted by Crippen LogP contribution is -2.27. The molecule has 0 amide bonds. The zero-order chi connectivity index (χ0) is 12.7. The Balaban J connectivity index is 2.38. The summed E-state index contributed by atoms with van der Waals surface area (Å²) in [5.74, 6) is 1.48. The van der Waals surface area contributed by atoms with Crippen LogP contribution in [-0.4, -0.2) is 13.1 Å². The summed E-state index contributed by atoms with van der Waals surface area (Å²) in [6.45, 7) is 9.04. The van der Waals surface area contributed by atoms with Gasteiger partial charge < -0.3 is 5.32 Å². The van der Waals surface area contributed by atoms with Crippen LogP contribution >= 0.6 is 15.9 Å². The summed E-state index contributed by atoms with van der Waals surface area (Å²) in [5.41, 5.74) is 1.44. The van der Waals surface area contributed by atoms with E-state index in [1.807, 2.05) is 0 Å². The molecule has 0 saturated heterocycles. The lowest BCUT2D eigenvalue weighted by atomic mass is 9.97. The van der Waals surface area contributed by atoms with Crippen LogP contribution in [0.1, 0.15) is 32.8 Å². The number of nitrogens with one attached hydrogen (secondary N) is 1. The van der Waals surface area contributed by atoms with E-state index in [1.54, 1.807) is 0 Å². The van der Waals surface area contributed by atoms with Crippen LogP contribution in [0.15, 0.2) is 28.7 Å². The fourth-order valence-electron chi connectivity index (χ4n) is 1.89. The minimum Gasteiger partial charge on any atom is -0.316 e. The van der Waals surface area contributed by atoms with Gasteiger partial charge in [0.15, 0.2) is 0 Å². The summed E-state index contributed by atoms with van der Waals surface area (Å²) in [4.78, 5) is 0. The third-order valence-electron chi connectivity index (χ3n) is 3.00. The van der Waals surface area contributed by atoms with E-state index in [2.05, 4.69) is 66.3 Å². The van der Waals surface area contributed by atoms with Gasteiger partial charge in [-0.1, -0.05) is 55.3 Å². The molecule has 1 nitrogen and oxygen atoms in total. The summed E-state index contributed by atoms with van der Waals surface area (Å²) in [6, 6.07) is 8.69. The first-order valence-corrected chi connectivity index (χ1v) is 7.36. The number of halogens is 1. The molecule has 1 N–H and O–H groups in total. The first-order chi connectivity index (χ1) is 8.11. The van der Waals surface area contributed by atoms with Crippen LogP contribution in [0.3, 0.4) is 0 Å². The molecule has 17 heavy (non-hydrogen) atoms. The highest BCUT2D eigenvalue weighted by atomic mass is 79.9. The average molecular weight is 298 g/mol. The molecule has 1 rings (SSSR count). The molecule has 1 unspecified atom stereocenters. The Bertz CT molecular complexity index is 305. The van der Waals surface area contributed by atoms with Crippen LogP contribution in [0.25, 0.3) is 0 Å². The second-order valence-corrected chi connectivity index (χ2v) is 6.07. The average Bonchev–Trinajstić information content (AvgIpc) is 2.30. The van der Waals surface area contributed by atoms with Gasteiger partial charge in [0, 0.05) is 4.47 Å². The van der Waals surface area contributed by atoms with Crippen molar-refractivity contribution in [1.82, 2.24) is 5.32 Å². The van der Waals surface area contributed by atoms with E-state index < -0.39 is 0 Å². The van der Waals surface area contributed by atoms with Crippen LogP contribution in [0.5, 0.6) is 0 Å². The molecule has 0 bridgehead atoms. The molecular formula is C15H24BrN. The predicted molar refractivity (Wildman–Crippen MR) is 79.3 cm³/mol. The van der Waals surface area contributed by atoms with Gasteiger partial charge in [-0.05, 0) is 49.0 Å². The van der Waals surface area contributed by atoms with Crippen molar-refractivity contribution in [3.05, 3.63) is 34.3 Å². The Labute approximate surface area is 114 Å². The SMILES string of the molecule is CCC(CNCC(C)C)Cc1ccc(Br)cc1. The van der Waals surface area contributed by atoms with Crippen LogP contribution in [0.2, 0.25) is 0 Å². The monoisotopic (exact) mass is 297 g/mol. The maximum Gasteiger partial charge on any atom is 0.0175 e. The molecule has 0 aliphatic rings. The summed E-state index contributed by atoms with van der Waals surface area (Å²) in [5, 5.41) is 3.56. The van der Waals surface area contributed by atoms with Gasteiger partial charge in [-0.25, -0.2) is 0 Å². The minimum atomic E-state index is 0.736. The van der Waals surface area contributed by atoms with Crippen LogP contribution in [0.4, 0.5) is 0 Å². The largest absolute Gasteiger partial charge is 0.316 e. The van der Waals surface area contributed by atoms with Gasteiger partial charge in [0.05, 0.1) is 0 Å². The highest BCUT2D eigenvalue weighted by Gasteiger charge is 2.07. The Morgan fingerprint density at radius 3 is 2.29 bits per heavy atom. The zero-order valence-electron chi connectivity index (χ0n) is 11.2. The van der Waals surface area contributed by atoms with Crippen molar-refractivity contribution in [2.45, 2.75) is 33.6 Å². The van der Waals surface area contributed by atoms with E-state index in [9.17, 15) is 0 Å². The fourth-order valence-corrected chi connectivity index (χ4v) is 2.16. The van der Waals surface area contributed by atoms with Gasteiger partial charge in [0.25, 0.3) is 0 Å². The van der Waals surface area contributed by atoms with Crippen LogP contribution < -0.4 is 5.32 Å². The Hall–Kier alpha value is -0.340. The first kappa shape index (κ1) is 14.7. The predicted octanol–water partition coefficient (Wildman–Crippen LogP) is 4.26. The van der Waals surface area contributed by atoms with Crippen molar-refractivity contribution >= 4 is 15.9 Å².